The van der Waals surface area contributed by atoms with Crippen molar-refractivity contribution in [2.24, 2.45) is 0 Å². The van der Waals surface area contributed by atoms with E-state index in [1.54, 1.807) is 36.4 Å². The van der Waals surface area contributed by atoms with Gasteiger partial charge in [-0.15, -0.1) is 0 Å². The summed E-state index contributed by atoms with van der Waals surface area (Å²) in [6.45, 7) is 4.04. The topological polar surface area (TPSA) is 109 Å². The van der Waals surface area contributed by atoms with Crippen LogP contribution in [0.25, 0.3) is 5.76 Å². The number of phenols is 1. The second-order valence-corrected chi connectivity index (χ2v) is 9.44. The van der Waals surface area contributed by atoms with Crippen molar-refractivity contribution in [3.63, 3.8) is 0 Å². The first-order valence-corrected chi connectivity index (χ1v) is 12.4. The molecule has 9 nitrogen and oxygen atoms in total. The molecule has 0 spiro atoms. The Kier molecular flexibility index (Phi) is 8.17. The number of benzene rings is 2. The van der Waals surface area contributed by atoms with Gasteiger partial charge in [0.1, 0.15) is 11.5 Å². The average molecular weight is 561 g/mol. The van der Waals surface area contributed by atoms with Gasteiger partial charge in [-0.25, -0.2) is 0 Å². The van der Waals surface area contributed by atoms with E-state index >= 15 is 0 Å². The summed E-state index contributed by atoms with van der Waals surface area (Å²) >= 11 is 3.33. The van der Waals surface area contributed by atoms with Crippen LogP contribution in [0.1, 0.15) is 23.6 Å². The number of Topliss-reactive ketones (excluding diaryl/α,β-unsaturated/α-hetero) is 1. The standard InChI is InChI=1S/C26H29BrN2O7/c1-34-18-6-3-5-16(13-18)23(30)21-22(17-14-19(27)24(31)20(15-17)35-2)29(26(33)25(21)32)8-4-7-28-9-11-36-12-10-28/h3,5-6,13-15,22,30-31H,4,7-12H2,1-2H3/b23-21+. The Balaban J connectivity index is 1.75. The summed E-state index contributed by atoms with van der Waals surface area (Å²) in [5, 5.41) is 21.6. The van der Waals surface area contributed by atoms with Crippen LogP contribution in [0.4, 0.5) is 0 Å². The lowest BCUT2D eigenvalue weighted by atomic mass is 9.95. The molecule has 2 aromatic carbocycles. The van der Waals surface area contributed by atoms with Gasteiger partial charge in [-0.3, -0.25) is 14.5 Å². The van der Waals surface area contributed by atoms with E-state index in [1.165, 1.54) is 19.1 Å². The summed E-state index contributed by atoms with van der Waals surface area (Å²) in [4.78, 5) is 30.2. The lowest BCUT2D eigenvalue weighted by Crippen LogP contribution is -2.39. The molecule has 0 bridgehead atoms. The molecule has 2 aromatic rings. The van der Waals surface area contributed by atoms with Gasteiger partial charge in [0.05, 0.1) is 43.5 Å². The number of phenolic OH excluding ortho intramolecular Hbond substituents is 1. The third-order valence-corrected chi connectivity index (χ3v) is 7.05. The largest absolute Gasteiger partial charge is 0.507 e. The monoisotopic (exact) mass is 560 g/mol. The molecule has 4 rings (SSSR count). The minimum Gasteiger partial charge on any atom is -0.507 e. The molecule has 10 heteroatoms. The summed E-state index contributed by atoms with van der Waals surface area (Å²) < 4.78 is 16.3. The number of aromatic hydroxyl groups is 1. The summed E-state index contributed by atoms with van der Waals surface area (Å²) in [6.07, 6.45) is 0.638. The van der Waals surface area contributed by atoms with E-state index in [9.17, 15) is 19.8 Å². The fourth-order valence-electron chi connectivity index (χ4n) is 4.58. The van der Waals surface area contributed by atoms with E-state index in [0.29, 0.717) is 47.5 Å². The summed E-state index contributed by atoms with van der Waals surface area (Å²) in [6, 6.07) is 9.00. The van der Waals surface area contributed by atoms with Gasteiger partial charge in [0, 0.05) is 31.7 Å². The van der Waals surface area contributed by atoms with Crippen molar-refractivity contribution in [1.29, 1.82) is 0 Å². The van der Waals surface area contributed by atoms with Gasteiger partial charge in [-0.1, -0.05) is 12.1 Å². The van der Waals surface area contributed by atoms with Crippen LogP contribution >= 0.6 is 15.9 Å². The number of ether oxygens (including phenoxy) is 3. The molecule has 0 aliphatic carbocycles. The van der Waals surface area contributed by atoms with Crippen molar-refractivity contribution in [3.05, 3.63) is 57.6 Å². The zero-order valence-corrected chi connectivity index (χ0v) is 21.8. The minimum absolute atomic E-state index is 0.0285. The van der Waals surface area contributed by atoms with E-state index in [1.807, 2.05) is 0 Å². The first-order chi connectivity index (χ1) is 17.3. The number of morpholine rings is 1. The van der Waals surface area contributed by atoms with Gasteiger partial charge < -0.3 is 29.3 Å². The SMILES string of the molecule is COc1cccc(/C(O)=C2\C(=O)C(=O)N(CCCN3CCOCC3)C2c2cc(Br)c(O)c(OC)c2)c1. The normalized spacial score (nSPS) is 20.1. The number of nitrogens with zero attached hydrogens (tertiary/aromatic N) is 2. The van der Waals surface area contributed by atoms with E-state index < -0.39 is 17.7 Å². The maximum absolute atomic E-state index is 13.3. The van der Waals surface area contributed by atoms with Gasteiger partial charge >= 0.3 is 0 Å². The van der Waals surface area contributed by atoms with Crippen LogP contribution < -0.4 is 9.47 Å². The molecule has 2 aliphatic rings. The van der Waals surface area contributed by atoms with Gasteiger partial charge in [-0.05, 0) is 52.2 Å². The smallest absolute Gasteiger partial charge is 0.295 e. The Morgan fingerprint density at radius 3 is 2.56 bits per heavy atom. The Bertz CT molecular complexity index is 1180. The fraction of sp³-hybridized carbons (Fsp3) is 0.385. The van der Waals surface area contributed by atoms with E-state index in [-0.39, 0.29) is 22.8 Å². The van der Waals surface area contributed by atoms with Crippen LogP contribution in [0.15, 0.2) is 46.4 Å². The number of aliphatic hydroxyl groups is 1. The molecule has 2 saturated heterocycles. The van der Waals surface area contributed by atoms with Crippen molar-refractivity contribution >= 4 is 33.4 Å². The summed E-state index contributed by atoms with van der Waals surface area (Å²) in [5.74, 6) is -1.16. The molecule has 2 fully saturated rings. The molecule has 2 heterocycles. The van der Waals surface area contributed by atoms with Crippen molar-refractivity contribution in [3.8, 4) is 17.2 Å². The quantitative estimate of drug-likeness (QED) is 0.287. The molecule has 192 valence electrons. The van der Waals surface area contributed by atoms with Gasteiger partial charge in [0.25, 0.3) is 11.7 Å². The molecule has 0 radical (unpaired) electrons. The van der Waals surface area contributed by atoms with E-state index in [0.717, 1.165) is 19.6 Å². The Morgan fingerprint density at radius 2 is 1.86 bits per heavy atom. The molecule has 1 unspecified atom stereocenters. The maximum atomic E-state index is 13.3. The predicted molar refractivity (Wildman–Crippen MR) is 136 cm³/mol. The average Bonchev–Trinajstić information content (AvgIpc) is 3.15. The van der Waals surface area contributed by atoms with Gasteiger partial charge in [0.15, 0.2) is 11.5 Å². The first-order valence-electron chi connectivity index (χ1n) is 11.6. The molecular formula is C26H29BrN2O7. The van der Waals surface area contributed by atoms with Crippen LogP contribution in [-0.4, -0.2) is 85.3 Å². The van der Waals surface area contributed by atoms with Crippen LogP contribution in [0.3, 0.4) is 0 Å². The number of ketones is 1. The highest BCUT2D eigenvalue weighted by Crippen LogP contribution is 2.44. The third kappa shape index (κ3) is 5.21. The second-order valence-electron chi connectivity index (χ2n) is 8.59. The van der Waals surface area contributed by atoms with Crippen LogP contribution in [0, 0.1) is 0 Å². The van der Waals surface area contributed by atoms with E-state index in [2.05, 4.69) is 20.8 Å². The Hall–Kier alpha value is -3.08. The van der Waals surface area contributed by atoms with Gasteiger partial charge in [-0.2, -0.15) is 0 Å². The van der Waals surface area contributed by atoms with Gasteiger partial charge in [0.2, 0.25) is 0 Å². The summed E-state index contributed by atoms with van der Waals surface area (Å²) in [7, 11) is 2.92. The molecule has 2 aliphatic heterocycles. The highest BCUT2D eigenvalue weighted by molar-refractivity contribution is 9.10. The number of hydrogen-bond donors (Lipinski definition) is 2. The van der Waals surface area contributed by atoms with Crippen LogP contribution in [0.5, 0.6) is 17.2 Å². The number of methoxy groups -OCH3 is 2. The molecular weight excluding hydrogens is 532 g/mol. The van der Waals surface area contributed by atoms with Crippen LogP contribution in [0.2, 0.25) is 0 Å². The van der Waals surface area contributed by atoms with Crippen LogP contribution in [-0.2, 0) is 14.3 Å². The lowest BCUT2D eigenvalue weighted by Gasteiger charge is -2.29. The molecule has 36 heavy (non-hydrogen) atoms. The third-order valence-electron chi connectivity index (χ3n) is 6.45. The lowest BCUT2D eigenvalue weighted by molar-refractivity contribution is -0.140. The van der Waals surface area contributed by atoms with Crippen molar-refractivity contribution in [2.75, 3.05) is 53.6 Å². The molecule has 0 aromatic heterocycles. The highest BCUT2D eigenvalue weighted by atomic mass is 79.9. The second kappa shape index (κ2) is 11.3. The number of carbonyl (C=O) groups excluding carboxylic acids is 2. The number of rotatable bonds is 8. The zero-order valence-electron chi connectivity index (χ0n) is 20.2. The summed E-state index contributed by atoms with van der Waals surface area (Å²) in [5.41, 5.74) is 0.848. The number of amides is 1. The molecule has 0 saturated carbocycles. The number of hydrogen-bond acceptors (Lipinski definition) is 8. The van der Waals surface area contributed by atoms with Crippen molar-refractivity contribution in [1.82, 2.24) is 9.80 Å². The first kappa shape index (κ1) is 26.0. The number of halogens is 1. The number of carbonyl (C=O) groups is 2. The Labute approximate surface area is 218 Å². The predicted octanol–water partition coefficient (Wildman–Crippen LogP) is 3.32. The van der Waals surface area contributed by atoms with E-state index in [4.69, 9.17) is 14.2 Å². The zero-order chi connectivity index (χ0) is 25.8. The Morgan fingerprint density at radius 1 is 1.11 bits per heavy atom. The maximum Gasteiger partial charge on any atom is 0.295 e. The minimum atomic E-state index is -0.869. The molecule has 1 atom stereocenters. The highest BCUT2D eigenvalue weighted by Gasteiger charge is 2.46. The van der Waals surface area contributed by atoms with Crippen molar-refractivity contribution in [2.45, 2.75) is 12.5 Å². The number of aliphatic hydroxyl groups excluding tert-OH is 1. The molecule has 1 amide bonds. The number of likely N-dealkylation sites (tertiary alicyclic amines) is 1. The fourth-order valence-corrected chi connectivity index (χ4v) is 5.04. The van der Waals surface area contributed by atoms with Crippen molar-refractivity contribution < 1.29 is 34.0 Å². The molecule has 2 N–H and O–H groups in total.